The molecule has 1 aromatic carbocycles. The molecule has 0 heterocycles. The summed E-state index contributed by atoms with van der Waals surface area (Å²) in [6, 6.07) is 7.75. The van der Waals surface area contributed by atoms with Crippen molar-refractivity contribution in [3.63, 3.8) is 0 Å². The molecule has 0 radical (unpaired) electrons. The highest BCUT2D eigenvalue weighted by Gasteiger charge is 2.34. The van der Waals surface area contributed by atoms with Crippen LogP contribution in [0.25, 0.3) is 0 Å². The van der Waals surface area contributed by atoms with Crippen molar-refractivity contribution in [1.82, 2.24) is 0 Å². The summed E-state index contributed by atoms with van der Waals surface area (Å²) in [6.45, 7) is 6.05. The van der Waals surface area contributed by atoms with E-state index in [2.05, 4.69) is 35.1 Å². The quantitative estimate of drug-likeness (QED) is 0.839. The Balaban J connectivity index is 2.90. The number of halogens is 1. The Morgan fingerprint density at radius 2 is 1.94 bits per heavy atom. The fraction of sp³-hybridized carbons (Fsp3) is 0.500. The molecule has 0 aromatic heterocycles. The molecule has 0 bridgehead atoms. The molecular formula is C14H20BrNO2. The number of ether oxygens (including phenoxy) is 1. The van der Waals surface area contributed by atoms with E-state index in [0.717, 1.165) is 16.6 Å². The fourth-order valence-corrected chi connectivity index (χ4v) is 2.34. The second kappa shape index (κ2) is 6.23. The van der Waals surface area contributed by atoms with E-state index in [1.807, 2.05) is 31.2 Å². The predicted molar refractivity (Wildman–Crippen MR) is 77.6 cm³/mol. The molecular weight excluding hydrogens is 294 g/mol. The molecule has 1 unspecified atom stereocenters. The Bertz CT molecular complexity index is 403. The van der Waals surface area contributed by atoms with Crippen LogP contribution in [0, 0.1) is 5.92 Å². The van der Waals surface area contributed by atoms with E-state index >= 15 is 0 Å². The molecule has 3 nitrogen and oxygen atoms in total. The summed E-state index contributed by atoms with van der Waals surface area (Å²) in [5.74, 6) is 0.163. The molecule has 0 amide bonds. The maximum absolute atomic E-state index is 11.9. The highest BCUT2D eigenvalue weighted by molar-refractivity contribution is 9.10. The molecule has 0 saturated carbocycles. The average Bonchev–Trinajstić information content (AvgIpc) is 2.30. The predicted octanol–water partition coefficient (Wildman–Crippen LogP) is 3.84. The number of carbonyl (C=O) groups is 1. The minimum atomic E-state index is -0.698. The Morgan fingerprint density at radius 3 is 2.39 bits per heavy atom. The van der Waals surface area contributed by atoms with Crippen molar-refractivity contribution in [2.75, 3.05) is 12.4 Å². The second-order valence-corrected chi connectivity index (χ2v) is 5.97. The van der Waals surface area contributed by atoms with Gasteiger partial charge in [0.05, 0.1) is 7.11 Å². The van der Waals surface area contributed by atoms with Crippen LogP contribution in [-0.2, 0) is 9.53 Å². The van der Waals surface area contributed by atoms with Gasteiger partial charge in [-0.2, -0.15) is 0 Å². The largest absolute Gasteiger partial charge is 0.467 e. The van der Waals surface area contributed by atoms with Gasteiger partial charge in [-0.15, -0.1) is 0 Å². The first-order chi connectivity index (χ1) is 8.37. The lowest BCUT2D eigenvalue weighted by molar-refractivity contribution is -0.146. The van der Waals surface area contributed by atoms with Crippen LogP contribution in [0.5, 0.6) is 0 Å². The molecule has 100 valence electrons. The fourth-order valence-electron chi connectivity index (χ4n) is 2.08. The van der Waals surface area contributed by atoms with Gasteiger partial charge in [-0.05, 0) is 43.5 Å². The van der Waals surface area contributed by atoms with Crippen LogP contribution in [0.2, 0.25) is 0 Å². The van der Waals surface area contributed by atoms with Gasteiger partial charge in [-0.1, -0.05) is 29.8 Å². The lowest BCUT2D eigenvalue weighted by Gasteiger charge is -2.30. The van der Waals surface area contributed by atoms with Gasteiger partial charge in [0.2, 0.25) is 0 Å². The van der Waals surface area contributed by atoms with Crippen molar-refractivity contribution in [3.8, 4) is 0 Å². The van der Waals surface area contributed by atoms with Crippen LogP contribution in [0.1, 0.15) is 27.2 Å². The van der Waals surface area contributed by atoms with E-state index in [0.29, 0.717) is 5.92 Å². The normalized spacial score (nSPS) is 14.1. The summed E-state index contributed by atoms with van der Waals surface area (Å²) in [7, 11) is 1.42. The van der Waals surface area contributed by atoms with E-state index < -0.39 is 5.54 Å². The van der Waals surface area contributed by atoms with E-state index in [1.54, 1.807) is 0 Å². The lowest BCUT2D eigenvalue weighted by atomic mass is 9.90. The van der Waals surface area contributed by atoms with Crippen LogP contribution in [-0.4, -0.2) is 18.6 Å². The standard InChI is InChI=1S/C14H20BrNO2/c1-10(2)9-14(3,13(17)18-4)16-12-7-5-11(15)6-8-12/h5-8,10,16H,9H2,1-4H3. The summed E-state index contributed by atoms with van der Waals surface area (Å²) in [6.07, 6.45) is 0.718. The van der Waals surface area contributed by atoms with Crippen LogP contribution in [0.3, 0.4) is 0 Å². The number of hydrogen-bond acceptors (Lipinski definition) is 3. The van der Waals surface area contributed by atoms with E-state index in [9.17, 15) is 4.79 Å². The molecule has 0 spiro atoms. The van der Waals surface area contributed by atoms with Crippen molar-refractivity contribution in [1.29, 1.82) is 0 Å². The number of esters is 1. The zero-order valence-corrected chi connectivity index (χ0v) is 12.9. The van der Waals surface area contributed by atoms with Gasteiger partial charge >= 0.3 is 5.97 Å². The summed E-state index contributed by atoms with van der Waals surface area (Å²) < 4.78 is 5.91. The Hall–Kier alpha value is -1.03. The summed E-state index contributed by atoms with van der Waals surface area (Å²) in [4.78, 5) is 11.9. The molecule has 0 aliphatic rings. The molecule has 18 heavy (non-hydrogen) atoms. The molecule has 0 aliphatic carbocycles. The minimum absolute atomic E-state index is 0.237. The van der Waals surface area contributed by atoms with Crippen molar-refractivity contribution >= 4 is 27.6 Å². The molecule has 0 saturated heterocycles. The van der Waals surface area contributed by atoms with Crippen LogP contribution in [0.4, 0.5) is 5.69 Å². The van der Waals surface area contributed by atoms with Crippen molar-refractivity contribution in [3.05, 3.63) is 28.7 Å². The van der Waals surface area contributed by atoms with Crippen LogP contribution in [0.15, 0.2) is 28.7 Å². The van der Waals surface area contributed by atoms with Crippen LogP contribution < -0.4 is 5.32 Å². The summed E-state index contributed by atoms with van der Waals surface area (Å²) in [5, 5.41) is 3.27. The molecule has 1 aromatic rings. The smallest absolute Gasteiger partial charge is 0.331 e. The van der Waals surface area contributed by atoms with Gasteiger partial charge in [0, 0.05) is 10.2 Å². The zero-order valence-electron chi connectivity index (χ0n) is 11.3. The lowest BCUT2D eigenvalue weighted by Crippen LogP contribution is -2.45. The molecule has 4 heteroatoms. The molecule has 1 rings (SSSR count). The van der Waals surface area contributed by atoms with Gasteiger partial charge in [-0.25, -0.2) is 4.79 Å². The first-order valence-corrected chi connectivity index (χ1v) is 6.79. The number of methoxy groups -OCH3 is 1. The maximum atomic E-state index is 11.9. The molecule has 0 aliphatic heterocycles. The van der Waals surface area contributed by atoms with E-state index in [-0.39, 0.29) is 5.97 Å². The summed E-state index contributed by atoms with van der Waals surface area (Å²) >= 11 is 3.39. The number of rotatable bonds is 5. The maximum Gasteiger partial charge on any atom is 0.331 e. The molecule has 1 N–H and O–H groups in total. The van der Waals surface area contributed by atoms with Gasteiger partial charge < -0.3 is 10.1 Å². The van der Waals surface area contributed by atoms with Crippen LogP contribution >= 0.6 is 15.9 Å². The van der Waals surface area contributed by atoms with Crippen molar-refractivity contribution < 1.29 is 9.53 Å². The Morgan fingerprint density at radius 1 is 1.39 bits per heavy atom. The van der Waals surface area contributed by atoms with Crippen molar-refractivity contribution in [2.24, 2.45) is 5.92 Å². The third-order valence-electron chi connectivity index (χ3n) is 2.72. The third kappa shape index (κ3) is 4.02. The number of anilines is 1. The average molecular weight is 314 g/mol. The highest BCUT2D eigenvalue weighted by Crippen LogP contribution is 2.25. The van der Waals surface area contributed by atoms with Gasteiger partial charge in [-0.3, -0.25) is 0 Å². The van der Waals surface area contributed by atoms with E-state index in [4.69, 9.17) is 4.74 Å². The van der Waals surface area contributed by atoms with E-state index in [1.165, 1.54) is 7.11 Å². The summed E-state index contributed by atoms with van der Waals surface area (Å²) in [5.41, 5.74) is 0.211. The topological polar surface area (TPSA) is 38.3 Å². The minimum Gasteiger partial charge on any atom is -0.467 e. The zero-order chi connectivity index (χ0) is 13.8. The monoisotopic (exact) mass is 313 g/mol. The molecule has 0 fully saturated rings. The number of benzene rings is 1. The van der Waals surface area contributed by atoms with Crippen molar-refractivity contribution in [2.45, 2.75) is 32.7 Å². The Labute approximate surface area is 117 Å². The SMILES string of the molecule is COC(=O)C(C)(CC(C)C)Nc1ccc(Br)cc1. The Kier molecular flexibility index (Phi) is 5.20. The number of hydrogen-bond donors (Lipinski definition) is 1. The first-order valence-electron chi connectivity index (χ1n) is 5.99. The van der Waals surface area contributed by atoms with Gasteiger partial charge in [0.1, 0.15) is 5.54 Å². The third-order valence-corrected chi connectivity index (χ3v) is 3.25. The van der Waals surface area contributed by atoms with Gasteiger partial charge in [0.25, 0.3) is 0 Å². The number of carbonyl (C=O) groups excluding carboxylic acids is 1. The highest BCUT2D eigenvalue weighted by atomic mass is 79.9. The number of nitrogens with one attached hydrogen (secondary N) is 1. The molecule has 1 atom stereocenters. The second-order valence-electron chi connectivity index (χ2n) is 5.05. The first kappa shape index (κ1) is 15.0. The van der Waals surface area contributed by atoms with Gasteiger partial charge in [0.15, 0.2) is 0 Å².